The standard InChI is InChI=1S/C12H14O2/c1-8-5-9(2)11-4-3-10(7-13)14-12(11)6-8/h5-7,10H,3-4H2,1-2H3. The van der Waals surface area contributed by atoms with Crippen molar-refractivity contribution in [2.24, 2.45) is 0 Å². The molecule has 74 valence electrons. The van der Waals surface area contributed by atoms with Crippen LogP contribution in [0.4, 0.5) is 0 Å². The van der Waals surface area contributed by atoms with Crippen LogP contribution in [0.3, 0.4) is 0 Å². The number of hydrogen-bond donors (Lipinski definition) is 0. The van der Waals surface area contributed by atoms with Gasteiger partial charge in [0, 0.05) is 0 Å². The lowest BCUT2D eigenvalue weighted by atomic mass is 9.96. The van der Waals surface area contributed by atoms with E-state index in [0.717, 1.165) is 24.9 Å². The summed E-state index contributed by atoms with van der Waals surface area (Å²) in [6, 6.07) is 4.17. The highest BCUT2D eigenvalue weighted by Gasteiger charge is 2.20. The molecule has 0 fully saturated rings. The normalized spacial score (nSPS) is 19.7. The van der Waals surface area contributed by atoms with Gasteiger partial charge in [-0.25, -0.2) is 0 Å². The van der Waals surface area contributed by atoms with Crippen LogP contribution < -0.4 is 4.74 Å². The Kier molecular flexibility index (Phi) is 2.28. The van der Waals surface area contributed by atoms with Crippen molar-refractivity contribution in [1.82, 2.24) is 0 Å². The molecule has 14 heavy (non-hydrogen) atoms. The van der Waals surface area contributed by atoms with Gasteiger partial charge in [-0.2, -0.15) is 0 Å². The number of aldehydes is 1. The molecule has 1 unspecified atom stereocenters. The molecule has 0 saturated heterocycles. The SMILES string of the molecule is Cc1cc(C)c2c(c1)OC(C=O)CC2. The summed E-state index contributed by atoms with van der Waals surface area (Å²) in [6.07, 6.45) is 2.40. The van der Waals surface area contributed by atoms with Crippen molar-refractivity contribution in [3.63, 3.8) is 0 Å². The summed E-state index contributed by atoms with van der Waals surface area (Å²) in [5.41, 5.74) is 3.71. The number of carbonyl (C=O) groups excluding carboxylic acids is 1. The van der Waals surface area contributed by atoms with Gasteiger partial charge in [-0.1, -0.05) is 6.07 Å². The predicted octanol–water partition coefficient (Wildman–Crippen LogP) is 2.20. The monoisotopic (exact) mass is 190 g/mol. The fraction of sp³-hybridized carbons (Fsp3) is 0.417. The van der Waals surface area contributed by atoms with Gasteiger partial charge in [0.2, 0.25) is 0 Å². The second kappa shape index (κ2) is 3.45. The van der Waals surface area contributed by atoms with E-state index in [4.69, 9.17) is 4.74 Å². The molecule has 1 aromatic rings. The molecular weight excluding hydrogens is 176 g/mol. The van der Waals surface area contributed by atoms with Crippen molar-refractivity contribution in [3.8, 4) is 5.75 Å². The molecule has 1 aromatic carbocycles. The number of rotatable bonds is 1. The Labute approximate surface area is 83.9 Å². The van der Waals surface area contributed by atoms with Gasteiger partial charge in [-0.15, -0.1) is 0 Å². The first-order chi connectivity index (χ1) is 6.70. The number of aryl methyl sites for hydroxylation is 2. The maximum absolute atomic E-state index is 10.6. The van der Waals surface area contributed by atoms with E-state index in [2.05, 4.69) is 13.0 Å². The van der Waals surface area contributed by atoms with Crippen LogP contribution in [0.25, 0.3) is 0 Å². The molecule has 0 aliphatic carbocycles. The van der Waals surface area contributed by atoms with Crippen LogP contribution >= 0.6 is 0 Å². The summed E-state index contributed by atoms with van der Waals surface area (Å²) in [7, 11) is 0. The van der Waals surface area contributed by atoms with E-state index < -0.39 is 0 Å². The molecule has 1 atom stereocenters. The molecule has 2 nitrogen and oxygen atoms in total. The van der Waals surface area contributed by atoms with Gasteiger partial charge >= 0.3 is 0 Å². The van der Waals surface area contributed by atoms with Gasteiger partial charge in [0.25, 0.3) is 0 Å². The zero-order chi connectivity index (χ0) is 10.1. The Morgan fingerprint density at radius 2 is 2.21 bits per heavy atom. The largest absolute Gasteiger partial charge is 0.483 e. The topological polar surface area (TPSA) is 26.3 Å². The van der Waals surface area contributed by atoms with Gasteiger partial charge in [0.1, 0.15) is 5.75 Å². The van der Waals surface area contributed by atoms with E-state index in [1.165, 1.54) is 16.7 Å². The average Bonchev–Trinajstić information content (AvgIpc) is 2.16. The van der Waals surface area contributed by atoms with Crippen LogP contribution in [-0.2, 0) is 11.2 Å². The Morgan fingerprint density at radius 1 is 1.43 bits per heavy atom. The maximum atomic E-state index is 10.6. The van der Waals surface area contributed by atoms with E-state index in [9.17, 15) is 4.79 Å². The summed E-state index contributed by atoms with van der Waals surface area (Å²) in [5, 5.41) is 0. The Balaban J connectivity index is 2.41. The van der Waals surface area contributed by atoms with Crippen LogP contribution in [0, 0.1) is 13.8 Å². The lowest BCUT2D eigenvalue weighted by Gasteiger charge is -2.24. The summed E-state index contributed by atoms with van der Waals surface area (Å²) in [6.45, 7) is 4.14. The first-order valence-electron chi connectivity index (χ1n) is 4.93. The number of carbonyl (C=O) groups is 1. The molecular formula is C12H14O2. The Bertz CT molecular complexity index is 369. The molecule has 1 aliphatic heterocycles. The minimum Gasteiger partial charge on any atom is -0.483 e. The highest BCUT2D eigenvalue weighted by atomic mass is 16.5. The van der Waals surface area contributed by atoms with Crippen LogP contribution in [0.1, 0.15) is 23.1 Å². The Hall–Kier alpha value is -1.31. The number of ether oxygens (including phenoxy) is 1. The van der Waals surface area contributed by atoms with Crippen molar-refractivity contribution in [3.05, 3.63) is 28.8 Å². The molecule has 0 N–H and O–H groups in total. The van der Waals surface area contributed by atoms with Gasteiger partial charge in [0.15, 0.2) is 12.4 Å². The van der Waals surface area contributed by atoms with E-state index in [-0.39, 0.29) is 6.10 Å². The summed E-state index contributed by atoms with van der Waals surface area (Å²) >= 11 is 0. The van der Waals surface area contributed by atoms with Gasteiger partial charge in [-0.05, 0) is 49.4 Å². The van der Waals surface area contributed by atoms with Crippen LogP contribution in [0.5, 0.6) is 5.75 Å². The third kappa shape index (κ3) is 1.52. The molecule has 0 radical (unpaired) electrons. The third-order valence-electron chi connectivity index (χ3n) is 2.69. The number of hydrogen-bond acceptors (Lipinski definition) is 2. The fourth-order valence-corrected chi connectivity index (χ4v) is 1.99. The van der Waals surface area contributed by atoms with Crippen molar-refractivity contribution in [1.29, 1.82) is 0 Å². The van der Waals surface area contributed by atoms with Crippen molar-refractivity contribution in [2.75, 3.05) is 0 Å². The third-order valence-corrected chi connectivity index (χ3v) is 2.69. The predicted molar refractivity (Wildman–Crippen MR) is 54.7 cm³/mol. The van der Waals surface area contributed by atoms with Crippen molar-refractivity contribution in [2.45, 2.75) is 32.8 Å². The molecule has 0 bridgehead atoms. The smallest absolute Gasteiger partial charge is 0.160 e. The second-order valence-electron chi connectivity index (χ2n) is 3.89. The van der Waals surface area contributed by atoms with Gasteiger partial charge < -0.3 is 4.74 Å². The van der Waals surface area contributed by atoms with E-state index >= 15 is 0 Å². The first kappa shape index (κ1) is 9.25. The molecule has 0 spiro atoms. The number of fused-ring (bicyclic) bond motifs is 1. The highest BCUT2D eigenvalue weighted by Crippen LogP contribution is 2.30. The van der Waals surface area contributed by atoms with E-state index in [1.54, 1.807) is 0 Å². The highest BCUT2D eigenvalue weighted by molar-refractivity contribution is 5.59. The second-order valence-corrected chi connectivity index (χ2v) is 3.89. The zero-order valence-corrected chi connectivity index (χ0v) is 8.54. The molecule has 0 aromatic heterocycles. The fourth-order valence-electron chi connectivity index (χ4n) is 1.99. The molecule has 1 heterocycles. The van der Waals surface area contributed by atoms with Crippen LogP contribution in [0.15, 0.2) is 12.1 Å². The van der Waals surface area contributed by atoms with Crippen LogP contribution in [0.2, 0.25) is 0 Å². The minimum atomic E-state index is -0.247. The number of benzene rings is 1. The van der Waals surface area contributed by atoms with E-state index in [0.29, 0.717) is 0 Å². The minimum absolute atomic E-state index is 0.247. The summed E-state index contributed by atoms with van der Waals surface area (Å²) in [5.74, 6) is 0.894. The van der Waals surface area contributed by atoms with Crippen molar-refractivity contribution >= 4 is 6.29 Å². The van der Waals surface area contributed by atoms with E-state index in [1.807, 2.05) is 13.0 Å². The average molecular weight is 190 g/mol. The summed E-state index contributed by atoms with van der Waals surface area (Å²) in [4.78, 5) is 10.6. The lowest BCUT2D eigenvalue weighted by Crippen LogP contribution is -2.24. The quantitative estimate of drug-likeness (QED) is 0.634. The zero-order valence-electron chi connectivity index (χ0n) is 8.54. The molecule has 2 rings (SSSR count). The molecule has 0 amide bonds. The molecule has 0 saturated carbocycles. The lowest BCUT2D eigenvalue weighted by molar-refractivity contribution is -0.114. The first-order valence-corrected chi connectivity index (χ1v) is 4.93. The molecule has 1 aliphatic rings. The maximum Gasteiger partial charge on any atom is 0.160 e. The Morgan fingerprint density at radius 3 is 2.93 bits per heavy atom. The summed E-state index contributed by atoms with van der Waals surface area (Å²) < 4.78 is 5.57. The van der Waals surface area contributed by atoms with Gasteiger partial charge in [-0.3, -0.25) is 4.79 Å². The molecule has 2 heteroatoms. The van der Waals surface area contributed by atoms with Crippen molar-refractivity contribution < 1.29 is 9.53 Å². The van der Waals surface area contributed by atoms with Crippen LogP contribution in [-0.4, -0.2) is 12.4 Å². The van der Waals surface area contributed by atoms with Gasteiger partial charge in [0.05, 0.1) is 0 Å².